The maximum Gasteiger partial charge on any atom is 0.157 e. The highest BCUT2D eigenvalue weighted by atomic mass is 79.9. The van der Waals surface area contributed by atoms with Gasteiger partial charge in [-0.2, -0.15) is 14.7 Å². The van der Waals surface area contributed by atoms with Gasteiger partial charge < -0.3 is 4.90 Å². The van der Waals surface area contributed by atoms with Crippen molar-refractivity contribution < 1.29 is 0 Å². The van der Waals surface area contributed by atoms with E-state index in [-0.39, 0.29) is 0 Å². The van der Waals surface area contributed by atoms with Gasteiger partial charge in [0.2, 0.25) is 0 Å². The molecule has 0 radical (unpaired) electrons. The SMILES string of the molecule is Cc1cc(N2CC(n3cc(Br)cn3)C2)n2nc(C)cc2n1. The molecule has 0 atom stereocenters. The Morgan fingerprint density at radius 1 is 1.19 bits per heavy atom. The Bertz CT molecular complexity index is 814. The number of hydrogen-bond donors (Lipinski definition) is 0. The zero-order chi connectivity index (χ0) is 14.6. The summed E-state index contributed by atoms with van der Waals surface area (Å²) >= 11 is 3.44. The van der Waals surface area contributed by atoms with Crippen molar-refractivity contribution in [1.82, 2.24) is 24.4 Å². The normalized spacial score (nSPS) is 15.7. The molecule has 3 aromatic rings. The molecule has 1 fully saturated rings. The van der Waals surface area contributed by atoms with E-state index < -0.39 is 0 Å². The van der Waals surface area contributed by atoms with E-state index in [2.05, 4.69) is 42.1 Å². The Hall–Kier alpha value is -1.89. The quantitative estimate of drug-likeness (QED) is 0.714. The minimum Gasteiger partial charge on any atom is -0.352 e. The van der Waals surface area contributed by atoms with Crippen LogP contribution in [0.5, 0.6) is 0 Å². The summed E-state index contributed by atoms with van der Waals surface area (Å²) in [4.78, 5) is 6.84. The lowest BCUT2D eigenvalue weighted by Crippen LogP contribution is -2.48. The van der Waals surface area contributed by atoms with Crippen LogP contribution in [0.4, 0.5) is 5.82 Å². The second-order valence-corrected chi connectivity index (χ2v) is 6.42. The van der Waals surface area contributed by atoms with Crippen molar-refractivity contribution >= 4 is 27.4 Å². The molecule has 108 valence electrons. The topological polar surface area (TPSA) is 51.2 Å². The van der Waals surface area contributed by atoms with E-state index in [1.165, 1.54) is 0 Å². The maximum absolute atomic E-state index is 4.54. The van der Waals surface area contributed by atoms with Gasteiger partial charge in [-0.25, -0.2) is 4.98 Å². The molecule has 0 N–H and O–H groups in total. The summed E-state index contributed by atoms with van der Waals surface area (Å²) in [5, 5.41) is 8.90. The van der Waals surface area contributed by atoms with Crippen LogP contribution in [0.1, 0.15) is 17.4 Å². The van der Waals surface area contributed by atoms with Gasteiger partial charge in [0.15, 0.2) is 5.65 Å². The van der Waals surface area contributed by atoms with E-state index in [4.69, 9.17) is 0 Å². The number of anilines is 1. The Morgan fingerprint density at radius 2 is 2.00 bits per heavy atom. The smallest absolute Gasteiger partial charge is 0.157 e. The molecule has 0 bridgehead atoms. The van der Waals surface area contributed by atoms with Crippen LogP contribution in [-0.2, 0) is 0 Å². The van der Waals surface area contributed by atoms with E-state index in [0.29, 0.717) is 6.04 Å². The molecule has 7 heteroatoms. The van der Waals surface area contributed by atoms with Crippen molar-refractivity contribution in [3.05, 3.63) is 40.4 Å². The monoisotopic (exact) mass is 346 g/mol. The fourth-order valence-corrected chi connectivity index (χ4v) is 3.05. The van der Waals surface area contributed by atoms with Crippen molar-refractivity contribution in [2.45, 2.75) is 19.9 Å². The Morgan fingerprint density at radius 3 is 2.71 bits per heavy atom. The summed E-state index contributed by atoms with van der Waals surface area (Å²) in [6.07, 6.45) is 3.85. The van der Waals surface area contributed by atoms with Crippen LogP contribution in [0.15, 0.2) is 29.0 Å². The van der Waals surface area contributed by atoms with Crippen LogP contribution in [0, 0.1) is 13.8 Å². The first-order valence-electron chi connectivity index (χ1n) is 6.89. The van der Waals surface area contributed by atoms with E-state index >= 15 is 0 Å². The standard InChI is InChI=1S/C14H15BrN6/c1-9-4-14(21-13(17-9)3-10(2)18-21)19-7-12(8-19)20-6-11(15)5-16-20/h3-6,12H,7-8H2,1-2H3. The number of aryl methyl sites for hydroxylation is 2. The van der Waals surface area contributed by atoms with Gasteiger partial charge in [-0.3, -0.25) is 4.68 Å². The molecule has 4 heterocycles. The molecule has 1 aliphatic rings. The van der Waals surface area contributed by atoms with Crippen LogP contribution >= 0.6 is 15.9 Å². The van der Waals surface area contributed by atoms with Crippen LogP contribution in [0.25, 0.3) is 5.65 Å². The Labute approximate surface area is 130 Å². The van der Waals surface area contributed by atoms with E-state index in [9.17, 15) is 0 Å². The van der Waals surface area contributed by atoms with Crippen LogP contribution < -0.4 is 4.90 Å². The molecular weight excluding hydrogens is 332 g/mol. The van der Waals surface area contributed by atoms with E-state index in [1.54, 1.807) is 0 Å². The summed E-state index contributed by atoms with van der Waals surface area (Å²) in [6, 6.07) is 4.52. The van der Waals surface area contributed by atoms with Gasteiger partial charge in [0.1, 0.15) is 5.82 Å². The van der Waals surface area contributed by atoms with Gasteiger partial charge in [0.25, 0.3) is 0 Å². The molecule has 1 saturated heterocycles. The summed E-state index contributed by atoms with van der Waals surface area (Å²) in [5.41, 5.74) is 2.91. The number of fused-ring (bicyclic) bond motifs is 1. The molecule has 21 heavy (non-hydrogen) atoms. The maximum atomic E-state index is 4.54. The third-order valence-electron chi connectivity index (χ3n) is 3.79. The lowest BCUT2D eigenvalue weighted by molar-refractivity contribution is 0.364. The van der Waals surface area contributed by atoms with Gasteiger partial charge >= 0.3 is 0 Å². The first-order chi connectivity index (χ1) is 10.1. The molecular formula is C14H15BrN6. The lowest BCUT2D eigenvalue weighted by atomic mass is 10.1. The summed E-state index contributed by atoms with van der Waals surface area (Å²) in [7, 11) is 0. The van der Waals surface area contributed by atoms with Gasteiger partial charge in [-0.1, -0.05) is 0 Å². The Kier molecular flexibility index (Phi) is 2.78. The number of aromatic nitrogens is 5. The molecule has 0 amide bonds. The highest BCUT2D eigenvalue weighted by Crippen LogP contribution is 2.28. The zero-order valence-corrected chi connectivity index (χ0v) is 13.4. The summed E-state index contributed by atoms with van der Waals surface area (Å²) in [6.45, 7) is 5.89. The molecule has 6 nitrogen and oxygen atoms in total. The number of rotatable bonds is 2. The van der Waals surface area contributed by atoms with Gasteiger partial charge in [-0.05, 0) is 29.8 Å². The molecule has 4 rings (SSSR count). The number of hydrogen-bond acceptors (Lipinski definition) is 4. The lowest BCUT2D eigenvalue weighted by Gasteiger charge is -2.40. The fourth-order valence-electron chi connectivity index (χ4n) is 2.74. The first-order valence-corrected chi connectivity index (χ1v) is 7.68. The second kappa shape index (κ2) is 4.56. The van der Waals surface area contributed by atoms with Gasteiger partial charge in [0, 0.05) is 37.1 Å². The average Bonchev–Trinajstić information content (AvgIpc) is 2.93. The van der Waals surface area contributed by atoms with Gasteiger partial charge in [0.05, 0.1) is 22.4 Å². The van der Waals surface area contributed by atoms with Gasteiger partial charge in [-0.15, -0.1) is 0 Å². The minimum absolute atomic E-state index is 0.413. The summed E-state index contributed by atoms with van der Waals surface area (Å²) in [5.74, 6) is 1.10. The van der Waals surface area contributed by atoms with Crippen molar-refractivity contribution in [3.8, 4) is 0 Å². The van der Waals surface area contributed by atoms with Crippen LogP contribution in [0.3, 0.4) is 0 Å². The molecule has 1 aliphatic heterocycles. The Balaban J connectivity index is 1.64. The van der Waals surface area contributed by atoms with Crippen molar-refractivity contribution in [3.63, 3.8) is 0 Å². The molecule has 0 unspecified atom stereocenters. The molecule has 3 aromatic heterocycles. The highest BCUT2D eigenvalue weighted by Gasteiger charge is 2.30. The largest absolute Gasteiger partial charge is 0.352 e. The van der Waals surface area contributed by atoms with E-state index in [1.807, 2.05) is 41.5 Å². The van der Waals surface area contributed by atoms with Crippen LogP contribution in [-0.4, -0.2) is 37.5 Å². The predicted octanol–water partition coefficient (Wildman–Crippen LogP) is 2.37. The minimum atomic E-state index is 0.413. The van der Waals surface area contributed by atoms with E-state index in [0.717, 1.165) is 40.4 Å². The highest BCUT2D eigenvalue weighted by molar-refractivity contribution is 9.10. The van der Waals surface area contributed by atoms with Crippen LogP contribution in [0.2, 0.25) is 0 Å². The van der Waals surface area contributed by atoms with Crippen molar-refractivity contribution in [1.29, 1.82) is 0 Å². The fraction of sp³-hybridized carbons (Fsp3) is 0.357. The van der Waals surface area contributed by atoms with Crippen molar-refractivity contribution in [2.75, 3.05) is 18.0 Å². The molecule has 0 aromatic carbocycles. The average molecular weight is 347 g/mol. The van der Waals surface area contributed by atoms with Crippen molar-refractivity contribution in [2.24, 2.45) is 0 Å². The molecule has 0 spiro atoms. The zero-order valence-electron chi connectivity index (χ0n) is 11.9. The third kappa shape index (κ3) is 2.12. The summed E-state index contributed by atoms with van der Waals surface area (Å²) < 4.78 is 4.96. The first kappa shape index (κ1) is 12.8. The third-order valence-corrected chi connectivity index (χ3v) is 4.20. The molecule has 0 saturated carbocycles. The number of nitrogens with zero attached hydrogens (tertiary/aromatic N) is 6. The molecule has 0 aliphatic carbocycles. The predicted molar refractivity (Wildman–Crippen MR) is 83.6 cm³/mol. The number of halogens is 1. The second-order valence-electron chi connectivity index (χ2n) is 5.51.